The molecule has 4 nitrogen and oxygen atoms in total. The van der Waals surface area contributed by atoms with E-state index < -0.39 is 6.09 Å². The summed E-state index contributed by atoms with van der Waals surface area (Å²) in [6, 6.07) is 9.81. The first-order valence-electron chi connectivity index (χ1n) is 5.66. The maximum Gasteiger partial charge on any atom is 0.436 e. The van der Waals surface area contributed by atoms with E-state index in [1.807, 2.05) is 47.2 Å². The molecule has 0 aliphatic heterocycles. The van der Waals surface area contributed by atoms with Gasteiger partial charge in [-0.3, -0.25) is 4.57 Å². The molecule has 0 saturated heterocycles. The van der Waals surface area contributed by atoms with E-state index in [-0.39, 0.29) is 0 Å². The first-order valence-corrected chi connectivity index (χ1v) is 6.54. The molecule has 0 aliphatic carbocycles. The van der Waals surface area contributed by atoms with E-state index in [1.165, 1.54) is 11.3 Å². The molecule has 0 saturated carbocycles. The molecule has 0 atom stereocenters. The zero-order valence-electron chi connectivity index (χ0n) is 10.3. The number of hydrogen-bond donors (Lipinski definition) is 0. The van der Waals surface area contributed by atoms with Gasteiger partial charge in [0.1, 0.15) is 0 Å². The van der Waals surface area contributed by atoms with E-state index in [9.17, 15) is 4.79 Å². The highest BCUT2D eigenvalue weighted by Crippen LogP contribution is 2.10. The highest BCUT2D eigenvalue weighted by atomic mass is 32.1. The van der Waals surface area contributed by atoms with Crippen LogP contribution in [-0.2, 0) is 4.74 Å². The van der Waals surface area contributed by atoms with Crippen LogP contribution in [0, 0.1) is 6.92 Å². The Morgan fingerprint density at radius 3 is 2.78 bits per heavy atom. The number of hydrogen-bond acceptors (Lipinski definition) is 3. The molecule has 0 bridgehead atoms. The fourth-order valence-electron chi connectivity index (χ4n) is 1.60. The molecule has 0 radical (unpaired) electrons. The first kappa shape index (κ1) is 12.6. The Balaban J connectivity index is 2.49. The summed E-state index contributed by atoms with van der Waals surface area (Å²) >= 11 is 1.42. The van der Waals surface area contributed by atoms with Gasteiger partial charge < -0.3 is 4.74 Å². The minimum absolute atomic E-state index is 0.331. The number of carbonyl (C=O) groups is 1. The van der Waals surface area contributed by atoms with Crippen LogP contribution in [0.4, 0.5) is 4.79 Å². The summed E-state index contributed by atoms with van der Waals surface area (Å²) in [5.74, 6) is 0. The van der Waals surface area contributed by atoms with Crippen molar-refractivity contribution in [2.24, 2.45) is 4.99 Å². The molecule has 0 spiro atoms. The number of carbonyl (C=O) groups excluding carboxylic acids is 1. The Kier molecular flexibility index (Phi) is 3.94. The van der Waals surface area contributed by atoms with Gasteiger partial charge in [-0.2, -0.15) is 0 Å². The molecule has 1 aromatic heterocycles. The molecular formula is C13H14N2O2S. The van der Waals surface area contributed by atoms with Crippen molar-refractivity contribution in [2.45, 2.75) is 13.8 Å². The minimum Gasteiger partial charge on any atom is -0.448 e. The predicted octanol–water partition coefficient (Wildman–Crippen LogP) is 2.90. The van der Waals surface area contributed by atoms with Crippen LogP contribution in [-0.4, -0.2) is 17.3 Å². The van der Waals surface area contributed by atoms with E-state index in [4.69, 9.17) is 4.74 Å². The summed E-state index contributed by atoms with van der Waals surface area (Å²) in [5, 5.41) is 1.96. The van der Waals surface area contributed by atoms with Crippen LogP contribution in [0.2, 0.25) is 0 Å². The fraction of sp³-hybridized carbons (Fsp3) is 0.231. The van der Waals surface area contributed by atoms with E-state index in [1.54, 1.807) is 6.92 Å². The van der Waals surface area contributed by atoms with E-state index in [0.29, 0.717) is 11.4 Å². The number of ether oxygens (including phenoxy) is 1. The summed E-state index contributed by atoms with van der Waals surface area (Å²) in [6.07, 6.45) is -0.552. The number of benzene rings is 1. The zero-order chi connectivity index (χ0) is 13.0. The van der Waals surface area contributed by atoms with Crippen molar-refractivity contribution < 1.29 is 9.53 Å². The molecule has 1 heterocycles. The normalized spacial score (nSPS) is 11.6. The number of nitrogens with zero attached hydrogens (tertiary/aromatic N) is 2. The largest absolute Gasteiger partial charge is 0.448 e. The summed E-state index contributed by atoms with van der Waals surface area (Å²) in [6.45, 7) is 4.07. The highest BCUT2D eigenvalue weighted by molar-refractivity contribution is 7.07. The number of para-hydroxylation sites is 1. The lowest BCUT2D eigenvalue weighted by Gasteiger charge is -2.04. The molecule has 2 aromatic rings. The maximum absolute atomic E-state index is 11.4. The van der Waals surface area contributed by atoms with Crippen LogP contribution in [0.5, 0.6) is 0 Å². The average Bonchev–Trinajstić information content (AvgIpc) is 2.72. The van der Waals surface area contributed by atoms with Crippen LogP contribution in [0.25, 0.3) is 5.69 Å². The van der Waals surface area contributed by atoms with Crippen molar-refractivity contribution in [3.63, 3.8) is 0 Å². The number of amides is 1. The van der Waals surface area contributed by atoms with Gasteiger partial charge in [-0.1, -0.05) is 18.2 Å². The van der Waals surface area contributed by atoms with Gasteiger partial charge in [-0.25, -0.2) is 4.79 Å². The molecule has 1 aromatic carbocycles. The standard InChI is InChI=1S/C13H14N2O2S/c1-3-17-13(16)14-12-15(10(2)9-18-12)11-7-5-4-6-8-11/h4-9H,3H2,1-2H3. The third kappa shape index (κ3) is 2.68. The van der Waals surface area contributed by atoms with Crippen LogP contribution in [0.3, 0.4) is 0 Å². The van der Waals surface area contributed by atoms with Crippen LogP contribution >= 0.6 is 11.3 Å². The highest BCUT2D eigenvalue weighted by Gasteiger charge is 2.05. The number of aryl methyl sites for hydroxylation is 1. The molecule has 0 fully saturated rings. The number of thiazole rings is 1. The second-order valence-corrected chi connectivity index (χ2v) is 4.48. The molecule has 94 valence electrons. The van der Waals surface area contributed by atoms with Crippen molar-refractivity contribution in [1.82, 2.24) is 4.57 Å². The molecule has 0 N–H and O–H groups in total. The van der Waals surface area contributed by atoms with Crippen LogP contribution in [0.15, 0.2) is 40.7 Å². The summed E-state index contributed by atoms with van der Waals surface area (Å²) in [4.78, 5) is 16.0. The second-order valence-electron chi connectivity index (χ2n) is 3.64. The Morgan fingerprint density at radius 1 is 1.39 bits per heavy atom. The smallest absolute Gasteiger partial charge is 0.436 e. The van der Waals surface area contributed by atoms with Gasteiger partial charge in [-0.15, -0.1) is 16.3 Å². The quantitative estimate of drug-likeness (QED) is 0.835. The maximum atomic E-state index is 11.4. The molecular weight excluding hydrogens is 248 g/mol. The van der Waals surface area contributed by atoms with Gasteiger partial charge in [0.2, 0.25) is 4.80 Å². The monoisotopic (exact) mass is 262 g/mol. The lowest BCUT2D eigenvalue weighted by molar-refractivity contribution is 0.162. The number of aromatic nitrogens is 1. The van der Waals surface area contributed by atoms with Gasteiger partial charge in [0.15, 0.2) is 0 Å². The Hall–Kier alpha value is -1.88. The van der Waals surface area contributed by atoms with E-state index in [2.05, 4.69) is 4.99 Å². The first-order chi connectivity index (χ1) is 8.72. The lowest BCUT2D eigenvalue weighted by atomic mass is 10.3. The van der Waals surface area contributed by atoms with Gasteiger partial charge in [-0.05, 0) is 26.0 Å². The molecule has 5 heteroatoms. The van der Waals surface area contributed by atoms with Gasteiger partial charge in [0, 0.05) is 16.8 Å². The summed E-state index contributed by atoms with van der Waals surface area (Å²) in [7, 11) is 0. The van der Waals surface area contributed by atoms with Gasteiger partial charge in [0.05, 0.1) is 6.61 Å². The molecule has 2 rings (SSSR count). The van der Waals surface area contributed by atoms with Crippen LogP contribution in [0.1, 0.15) is 12.6 Å². The summed E-state index contributed by atoms with van der Waals surface area (Å²) in [5.41, 5.74) is 2.02. The lowest BCUT2D eigenvalue weighted by Crippen LogP contribution is -2.16. The Bertz CT molecular complexity index is 599. The van der Waals surface area contributed by atoms with E-state index >= 15 is 0 Å². The van der Waals surface area contributed by atoms with Crippen molar-refractivity contribution in [1.29, 1.82) is 0 Å². The minimum atomic E-state index is -0.552. The van der Waals surface area contributed by atoms with Crippen molar-refractivity contribution in [2.75, 3.05) is 6.61 Å². The Labute approximate surface area is 109 Å². The van der Waals surface area contributed by atoms with Crippen molar-refractivity contribution in [3.8, 4) is 5.69 Å². The van der Waals surface area contributed by atoms with Gasteiger partial charge in [0.25, 0.3) is 0 Å². The molecule has 0 unspecified atom stereocenters. The van der Waals surface area contributed by atoms with Gasteiger partial charge >= 0.3 is 6.09 Å². The average molecular weight is 262 g/mol. The molecule has 0 aliphatic rings. The third-order valence-corrected chi connectivity index (χ3v) is 3.29. The van der Waals surface area contributed by atoms with Crippen LogP contribution < -0.4 is 4.80 Å². The molecule has 18 heavy (non-hydrogen) atoms. The zero-order valence-corrected chi connectivity index (χ0v) is 11.1. The fourth-order valence-corrected chi connectivity index (χ4v) is 2.46. The number of rotatable bonds is 2. The Morgan fingerprint density at radius 2 is 2.11 bits per heavy atom. The second kappa shape index (κ2) is 5.64. The summed E-state index contributed by atoms with van der Waals surface area (Å²) < 4.78 is 6.77. The SMILES string of the molecule is CCOC(=O)N=c1scc(C)n1-c1ccccc1. The molecule has 1 amide bonds. The van der Waals surface area contributed by atoms with Crippen molar-refractivity contribution in [3.05, 3.63) is 46.2 Å². The van der Waals surface area contributed by atoms with Crippen molar-refractivity contribution >= 4 is 17.4 Å². The topological polar surface area (TPSA) is 43.6 Å². The predicted molar refractivity (Wildman–Crippen MR) is 71.0 cm³/mol. The van der Waals surface area contributed by atoms with E-state index in [0.717, 1.165) is 11.4 Å². The third-order valence-electron chi connectivity index (χ3n) is 2.35.